The van der Waals surface area contributed by atoms with Crippen LogP contribution in [0.2, 0.25) is 0 Å². The number of fused-ring (bicyclic) bond motifs is 6. The van der Waals surface area contributed by atoms with Crippen LogP contribution in [0, 0.1) is 11.8 Å². The third kappa shape index (κ3) is 3.64. The van der Waals surface area contributed by atoms with Crippen LogP contribution in [0.3, 0.4) is 0 Å². The van der Waals surface area contributed by atoms with Gasteiger partial charge in [0.05, 0.1) is 36.2 Å². The summed E-state index contributed by atoms with van der Waals surface area (Å²) < 4.78 is 17.7. The minimum Gasteiger partial charge on any atom is -0.491 e. The number of carbonyl (C=O) groups is 1. The number of Topliss-reactive ketones (excluding diaryl/α,β-unsaturated/α-hetero) is 1. The zero-order valence-electron chi connectivity index (χ0n) is 16.5. The lowest BCUT2D eigenvalue weighted by atomic mass is 9.76. The number of piperidine rings is 1. The zero-order chi connectivity index (χ0) is 19.5. The van der Waals surface area contributed by atoms with E-state index in [4.69, 9.17) is 14.2 Å². The number of hydrogen-bond donors (Lipinski definition) is 1. The van der Waals surface area contributed by atoms with E-state index in [0.717, 1.165) is 22.6 Å². The van der Waals surface area contributed by atoms with Gasteiger partial charge in [-0.15, -0.1) is 0 Å². The molecule has 2 aromatic carbocycles. The van der Waals surface area contributed by atoms with Crippen molar-refractivity contribution in [1.82, 2.24) is 0 Å². The molecule has 5 nitrogen and oxygen atoms in total. The van der Waals surface area contributed by atoms with Crippen molar-refractivity contribution in [3.63, 3.8) is 0 Å². The van der Waals surface area contributed by atoms with Crippen LogP contribution < -0.4 is 14.8 Å². The maximum absolute atomic E-state index is 13.2. The molecule has 5 heteroatoms. The Labute approximate surface area is 166 Å². The first-order chi connectivity index (χ1) is 13.7. The van der Waals surface area contributed by atoms with Crippen molar-refractivity contribution in [2.24, 2.45) is 11.8 Å². The number of para-hydroxylation sites is 2. The molecule has 0 spiro atoms. The van der Waals surface area contributed by atoms with E-state index >= 15 is 0 Å². The molecule has 0 amide bonds. The first-order valence-corrected chi connectivity index (χ1v) is 10.1. The lowest BCUT2D eigenvalue weighted by molar-refractivity contribution is -0.748. The Balaban J connectivity index is 1.78. The van der Waals surface area contributed by atoms with Gasteiger partial charge in [-0.25, -0.2) is 0 Å². The van der Waals surface area contributed by atoms with Gasteiger partial charge in [0, 0.05) is 0 Å². The number of ether oxygens (including phenoxy) is 3. The van der Waals surface area contributed by atoms with Gasteiger partial charge < -0.3 is 19.5 Å². The molecule has 0 aliphatic carbocycles. The van der Waals surface area contributed by atoms with Crippen LogP contribution in [0.4, 0.5) is 0 Å². The quantitative estimate of drug-likeness (QED) is 0.761. The molecule has 1 fully saturated rings. The average molecular weight is 382 g/mol. The van der Waals surface area contributed by atoms with Gasteiger partial charge in [0.2, 0.25) is 0 Å². The van der Waals surface area contributed by atoms with Gasteiger partial charge in [0.1, 0.15) is 36.8 Å². The molecule has 2 aliphatic heterocycles. The molecule has 28 heavy (non-hydrogen) atoms. The maximum Gasteiger partial charge on any atom is 0.151 e. The number of benzene rings is 2. The molecular weight excluding hydrogens is 354 g/mol. The summed E-state index contributed by atoms with van der Waals surface area (Å²) in [5.41, 5.74) is 2.13. The van der Waals surface area contributed by atoms with Gasteiger partial charge in [-0.05, 0) is 38.1 Å². The van der Waals surface area contributed by atoms with E-state index in [2.05, 4.69) is 17.4 Å². The molecule has 2 bridgehead atoms. The number of rotatable bonds is 0. The van der Waals surface area contributed by atoms with Crippen molar-refractivity contribution in [3.8, 4) is 11.5 Å². The monoisotopic (exact) mass is 382 g/mol. The van der Waals surface area contributed by atoms with Crippen molar-refractivity contribution in [1.29, 1.82) is 0 Å². The lowest BCUT2D eigenvalue weighted by Gasteiger charge is -2.37. The molecule has 148 valence electrons. The Bertz CT molecular complexity index is 771. The van der Waals surface area contributed by atoms with Crippen LogP contribution in [-0.4, -0.2) is 32.2 Å². The van der Waals surface area contributed by atoms with Crippen LogP contribution in [-0.2, 0) is 9.53 Å². The lowest BCUT2D eigenvalue weighted by Crippen LogP contribution is -2.91. The summed E-state index contributed by atoms with van der Waals surface area (Å²) in [7, 11) is 0. The highest BCUT2D eigenvalue weighted by Crippen LogP contribution is 2.38. The van der Waals surface area contributed by atoms with E-state index in [9.17, 15) is 4.79 Å². The number of ketones is 1. The average Bonchev–Trinajstić information content (AvgIpc) is 2.72. The summed E-state index contributed by atoms with van der Waals surface area (Å²) in [4.78, 5) is 13.2. The van der Waals surface area contributed by atoms with Gasteiger partial charge in [0.25, 0.3) is 0 Å². The molecule has 2 N–H and O–H groups in total. The molecule has 1 saturated heterocycles. The number of nitrogens with two attached hydrogens (primary N) is 1. The maximum atomic E-state index is 13.2. The summed E-state index contributed by atoms with van der Waals surface area (Å²) in [6, 6.07) is 16.1. The molecule has 4 atom stereocenters. The standard InChI is InChI=1S/C23H27NO4/c1-15-21-17-7-3-5-9-19(17)27-13-11-26-12-14-28-20-10-6-4-8-18(20)22(24-21)16(2)23(15)25/h3-10,15-16,21-22,24H,11-14H2,1-2H3/p+1/t15-,16-,21-,22+/m0/s1. The third-order valence-electron chi connectivity index (χ3n) is 5.92. The van der Waals surface area contributed by atoms with Gasteiger partial charge in [-0.3, -0.25) is 4.79 Å². The number of hydrogen-bond acceptors (Lipinski definition) is 4. The SMILES string of the molecule is C[C@@H]1C(=O)[C@@H](C)[C@H]2[NH2+][C@@H]1c1ccccc1OCCOCCOc1ccccc12. The van der Waals surface area contributed by atoms with Crippen LogP contribution in [0.15, 0.2) is 48.5 Å². The summed E-state index contributed by atoms with van der Waals surface area (Å²) in [5.74, 6) is 1.78. The topological polar surface area (TPSA) is 61.4 Å². The zero-order valence-corrected chi connectivity index (χ0v) is 16.5. The van der Waals surface area contributed by atoms with Gasteiger partial charge in [-0.2, -0.15) is 0 Å². The second-order valence-electron chi connectivity index (χ2n) is 7.61. The van der Waals surface area contributed by atoms with E-state index in [-0.39, 0.29) is 29.7 Å². The second kappa shape index (κ2) is 8.33. The van der Waals surface area contributed by atoms with Gasteiger partial charge >= 0.3 is 0 Å². The summed E-state index contributed by atoms with van der Waals surface area (Å²) in [5, 5.41) is 2.32. The van der Waals surface area contributed by atoms with Gasteiger partial charge in [0.15, 0.2) is 5.78 Å². The molecule has 0 aromatic heterocycles. The molecule has 4 rings (SSSR count). The second-order valence-corrected chi connectivity index (χ2v) is 7.61. The third-order valence-corrected chi connectivity index (χ3v) is 5.92. The minimum absolute atomic E-state index is 0.00168. The Morgan fingerprint density at radius 2 is 1.21 bits per heavy atom. The van der Waals surface area contributed by atoms with E-state index in [0.29, 0.717) is 26.4 Å². The van der Waals surface area contributed by atoms with Crippen molar-refractivity contribution >= 4 is 5.78 Å². The Morgan fingerprint density at radius 3 is 1.71 bits per heavy atom. The molecular formula is C23H28NO4+. The highest BCUT2D eigenvalue weighted by Gasteiger charge is 2.45. The predicted octanol–water partition coefficient (Wildman–Crippen LogP) is 2.68. The van der Waals surface area contributed by atoms with Crippen molar-refractivity contribution in [2.75, 3.05) is 26.4 Å². The minimum atomic E-state index is -0.0896. The van der Waals surface area contributed by atoms with E-state index in [1.165, 1.54) is 0 Å². The summed E-state index contributed by atoms with van der Waals surface area (Å²) in [6.45, 7) is 6.01. The van der Waals surface area contributed by atoms with Crippen LogP contribution >= 0.6 is 0 Å². The van der Waals surface area contributed by atoms with Crippen LogP contribution in [0.1, 0.15) is 37.1 Å². The Morgan fingerprint density at radius 1 is 0.750 bits per heavy atom. The van der Waals surface area contributed by atoms with E-state index in [1.807, 2.05) is 50.2 Å². The van der Waals surface area contributed by atoms with E-state index in [1.54, 1.807) is 0 Å². The molecule has 0 saturated carbocycles. The molecule has 2 aromatic rings. The van der Waals surface area contributed by atoms with Crippen molar-refractivity contribution in [2.45, 2.75) is 25.9 Å². The molecule has 2 heterocycles. The van der Waals surface area contributed by atoms with E-state index < -0.39 is 0 Å². The largest absolute Gasteiger partial charge is 0.491 e. The van der Waals surface area contributed by atoms with Gasteiger partial charge in [-0.1, -0.05) is 24.3 Å². The fourth-order valence-electron chi connectivity index (χ4n) is 4.37. The normalized spacial score (nSPS) is 28.1. The van der Waals surface area contributed by atoms with Crippen LogP contribution in [0.25, 0.3) is 0 Å². The first-order valence-electron chi connectivity index (χ1n) is 10.1. The number of quaternary nitrogens is 1. The molecule has 2 aliphatic rings. The highest BCUT2D eigenvalue weighted by molar-refractivity contribution is 5.85. The smallest absolute Gasteiger partial charge is 0.151 e. The van der Waals surface area contributed by atoms with Crippen LogP contribution in [0.5, 0.6) is 11.5 Å². The molecule has 0 radical (unpaired) electrons. The highest BCUT2D eigenvalue weighted by atomic mass is 16.5. The van der Waals surface area contributed by atoms with Crippen molar-refractivity contribution in [3.05, 3.63) is 59.7 Å². The number of carbonyl (C=O) groups excluding carboxylic acids is 1. The summed E-state index contributed by atoms with van der Waals surface area (Å²) >= 11 is 0. The first kappa shape index (κ1) is 19.0. The Hall–Kier alpha value is -2.37. The fraction of sp³-hybridized carbons (Fsp3) is 0.435. The Kier molecular flexibility index (Phi) is 5.64. The molecule has 0 unspecified atom stereocenters. The summed E-state index contributed by atoms with van der Waals surface area (Å²) in [6.07, 6.45) is 0. The van der Waals surface area contributed by atoms with Crippen molar-refractivity contribution < 1.29 is 24.3 Å². The fourth-order valence-corrected chi connectivity index (χ4v) is 4.37. The predicted molar refractivity (Wildman–Crippen MR) is 105 cm³/mol.